The molecule has 0 saturated heterocycles. The molecular formula is C13H20ClN3O2. The second kappa shape index (κ2) is 6.73. The van der Waals surface area contributed by atoms with Gasteiger partial charge in [0.25, 0.3) is 5.91 Å². The van der Waals surface area contributed by atoms with Gasteiger partial charge in [-0.3, -0.25) is 4.79 Å². The lowest BCUT2D eigenvalue weighted by Gasteiger charge is -2.23. The molecule has 0 atom stereocenters. The number of amides is 1. The van der Waals surface area contributed by atoms with E-state index in [9.17, 15) is 4.79 Å². The molecular weight excluding hydrogens is 266 g/mol. The van der Waals surface area contributed by atoms with Crippen LogP contribution >= 0.6 is 11.6 Å². The van der Waals surface area contributed by atoms with E-state index in [0.717, 1.165) is 6.54 Å². The largest absolute Gasteiger partial charge is 0.377 e. The van der Waals surface area contributed by atoms with Crippen LogP contribution in [0.15, 0.2) is 12.3 Å². The molecule has 19 heavy (non-hydrogen) atoms. The number of carbonyl (C=O) groups excluding carboxylic acids is 1. The molecule has 0 unspecified atom stereocenters. The first-order chi connectivity index (χ1) is 8.89. The summed E-state index contributed by atoms with van der Waals surface area (Å²) < 4.78 is 5.24. The smallest absolute Gasteiger partial charge is 0.253 e. The molecule has 0 saturated carbocycles. The number of nitrogens with zero attached hydrogens (tertiary/aromatic N) is 1. The van der Waals surface area contributed by atoms with Crippen molar-refractivity contribution in [1.29, 1.82) is 0 Å². The molecule has 5 nitrogen and oxygen atoms in total. The quantitative estimate of drug-likeness (QED) is 0.842. The van der Waals surface area contributed by atoms with Crippen LogP contribution in [-0.2, 0) is 4.74 Å². The Balaban J connectivity index is 2.78. The van der Waals surface area contributed by atoms with Crippen LogP contribution in [0.4, 0.5) is 5.82 Å². The number of pyridine rings is 1. The van der Waals surface area contributed by atoms with Gasteiger partial charge in [0.15, 0.2) is 0 Å². The van der Waals surface area contributed by atoms with Gasteiger partial charge in [0.05, 0.1) is 16.2 Å². The number of anilines is 1. The van der Waals surface area contributed by atoms with Crippen LogP contribution in [0.5, 0.6) is 0 Å². The van der Waals surface area contributed by atoms with E-state index >= 15 is 0 Å². The third-order valence-corrected chi connectivity index (χ3v) is 2.99. The summed E-state index contributed by atoms with van der Waals surface area (Å²) in [6.45, 7) is 6.87. The van der Waals surface area contributed by atoms with Crippen molar-refractivity contribution in [3.05, 3.63) is 22.8 Å². The standard InChI is InChI=1S/C13H20ClN3O2/c1-5-15-11-6-9(10(14)7-16-11)12(18)17-8-13(2,3)19-4/h6-7H,5,8H2,1-4H3,(H,15,16)(H,17,18). The number of hydrogen-bond acceptors (Lipinski definition) is 4. The normalized spacial score (nSPS) is 11.2. The minimum absolute atomic E-state index is 0.239. The van der Waals surface area contributed by atoms with Gasteiger partial charge in [-0.2, -0.15) is 0 Å². The maximum Gasteiger partial charge on any atom is 0.253 e. The monoisotopic (exact) mass is 285 g/mol. The fraction of sp³-hybridized carbons (Fsp3) is 0.538. The SMILES string of the molecule is CCNc1cc(C(=O)NCC(C)(C)OC)c(Cl)cn1. The predicted molar refractivity (Wildman–Crippen MR) is 76.8 cm³/mol. The van der Waals surface area contributed by atoms with Gasteiger partial charge in [-0.25, -0.2) is 4.98 Å². The van der Waals surface area contributed by atoms with Gasteiger partial charge in [-0.15, -0.1) is 0 Å². The third kappa shape index (κ3) is 4.69. The van der Waals surface area contributed by atoms with E-state index in [0.29, 0.717) is 22.9 Å². The van der Waals surface area contributed by atoms with E-state index in [-0.39, 0.29) is 5.91 Å². The molecule has 0 spiro atoms. The number of nitrogens with one attached hydrogen (secondary N) is 2. The first-order valence-corrected chi connectivity index (χ1v) is 6.50. The molecule has 0 aliphatic carbocycles. The van der Waals surface area contributed by atoms with E-state index < -0.39 is 5.60 Å². The summed E-state index contributed by atoms with van der Waals surface area (Å²) in [7, 11) is 1.61. The molecule has 0 aliphatic rings. The summed E-state index contributed by atoms with van der Waals surface area (Å²) in [5.74, 6) is 0.389. The molecule has 1 amide bonds. The highest BCUT2D eigenvalue weighted by Crippen LogP contribution is 2.18. The highest BCUT2D eigenvalue weighted by atomic mass is 35.5. The van der Waals surface area contributed by atoms with Crippen molar-refractivity contribution in [2.24, 2.45) is 0 Å². The van der Waals surface area contributed by atoms with Crippen molar-refractivity contribution in [2.45, 2.75) is 26.4 Å². The number of carbonyl (C=O) groups is 1. The van der Waals surface area contributed by atoms with E-state index in [1.54, 1.807) is 13.2 Å². The van der Waals surface area contributed by atoms with Crippen LogP contribution in [0.1, 0.15) is 31.1 Å². The molecule has 0 fully saturated rings. The summed E-state index contributed by atoms with van der Waals surface area (Å²) in [5.41, 5.74) is -0.0147. The Hall–Kier alpha value is -1.33. The van der Waals surface area contributed by atoms with Crippen LogP contribution in [0.3, 0.4) is 0 Å². The number of methoxy groups -OCH3 is 1. The molecule has 0 bridgehead atoms. The Morgan fingerprint density at radius 1 is 1.53 bits per heavy atom. The molecule has 6 heteroatoms. The van der Waals surface area contributed by atoms with Gasteiger partial charge in [-0.05, 0) is 26.8 Å². The molecule has 1 rings (SSSR count). The maximum absolute atomic E-state index is 12.1. The minimum atomic E-state index is -0.417. The van der Waals surface area contributed by atoms with Crippen LogP contribution in [-0.4, -0.2) is 36.7 Å². The van der Waals surface area contributed by atoms with E-state index in [4.69, 9.17) is 16.3 Å². The third-order valence-electron chi connectivity index (χ3n) is 2.69. The van der Waals surface area contributed by atoms with Crippen molar-refractivity contribution < 1.29 is 9.53 Å². The first kappa shape index (κ1) is 15.7. The molecule has 1 heterocycles. The van der Waals surface area contributed by atoms with Crippen molar-refractivity contribution in [1.82, 2.24) is 10.3 Å². The zero-order valence-corrected chi connectivity index (χ0v) is 12.5. The molecule has 1 aromatic rings. The Kier molecular flexibility index (Phi) is 5.57. The summed E-state index contributed by atoms with van der Waals surface area (Å²) in [4.78, 5) is 16.2. The number of halogens is 1. The van der Waals surface area contributed by atoms with E-state index in [1.165, 1.54) is 6.20 Å². The van der Waals surface area contributed by atoms with Gasteiger partial charge < -0.3 is 15.4 Å². The minimum Gasteiger partial charge on any atom is -0.377 e. The lowest BCUT2D eigenvalue weighted by atomic mass is 10.1. The fourth-order valence-electron chi connectivity index (χ4n) is 1.35. The Morgan fingerprint density at radius 3 is 2.79 bits per heavy atom. The lowest BCUT2D eigenvalue weighted by Crippen LogP contribution is -2.39. The molecule has 0 aromatic carbocycles. The Bertz CT molecular complexity index is 450. The van der Waals surface area contributed by atoms with Gasteiger partial charge in [-0.1, -0.05) is 11.6 Å². The topological polar surface area (TPSA) is 63.2 Å². The lowest BCUT2D eigenvalue weighted by molar-refractivity contribution is 0.0229. The Morgan fingerprint density at radius 2 is 2.21 bits per heavy atom. The average molecular weight is 286 g/mol. The first-order valence-electron chi connectivity index (χ1n) is 6.12. The number of aromatic nitrogens is 1. The zero-order valence-electron chi connectivity index (χ0n) is 11.7. The average Bonchev–Trinajstić information content (AvgIpc) is 2.38. The second-order valence-electron chi connectivity index (χ2n) is 4.73. The summed E-state index contributed by atoms with van der Waals surface area (Å²) in [6.07, 6.45) is 1.47. The van der Waals surface area contributed by atoms with Crippen molar-refractivity contribution in [3.63, 3.8) is 0 Å². The van der Waals surface area contributed by atoms with Gasteiger partial charge >= 0.3 is 0 Å². The number of hydrogen-bond donors (Lipinski definition) is 2. The molecule has 0 aliphatic heterocycles. The fourth-order valence-corrected chi connectivity index (χ4v) is 1.54. The van der Waals surface area contributed by atoms with Crippen LogP contribution in [0.2, 0.25) is 5.02 Å². The molecule has 106 valence electrons. The zero-order chi connectivity index (χ0) is 14.5. The van der Waals surface area contributed by atoms with Crippen molar-refractivity contribution >= 4 is 23.3 Å². The molecule has 0 radical (unpaired) electrons. The van der Waals surface area contributed by atoms with Crippen molar-refractivity contribution in [2.75, 3.05) is 25.5 Å². The molecule has 2 N–H and O–H groups in total. The van der Waals surface area contributed by atoms with Gasteiger partial charge in [0.2, 0.25) is 0 Å². The van der Waals surface area contributed by atoms with E-state index in [2.05, 4.69) is 15.6 Å². The summed E-state index contributed by atoms with van der Waals surface area (Å²) in [5, 5.41) is 6.16. The number of rotatable bonds is 6. The van der Waals surface area contributed by atoms with Gasteiger partial charge in [0, 0.05) is 26.4 Å². The summed E-state index contributed by atoms with van der Waals surface area (Å²) >= 11 is 5.99. The summed E-state index contributed by atoms with van der Waals surface area (Å²) in [6, 6.07) is 1.64. The van der Waals surface area contributed by atoms with E-state index in [1.807, 2.05) is 20.8 Å². The Labute approximate surface area is 118 Å². The second-order valence-corrected chi connectivity index (χ2v) is 5.13. The van der Waals surface area contributed by atoms with Gasteiger partial charge in [0.1, 0.15) is 5.82 Å². The maximum atomic E-state index is 12.1. The van der Waals surface area contributed by atoms with Crippen LogP contribution in [0.25, 0.3) is 0 Å². The highest BCUT2D eigenvalue weighted by Gasteiger charge is 2.19. The van der Waals surface area contributed by atoms with Crippen molar-refractivity contribution in [3.8, 4) is 0 Å². The molecule has 1 aromatic heterocycles. The predicted octanol–water partition coefficient (Wildman–Crippen LogP) is 2.32. The highest BCUT2D eigenvalue weighted by molar-refractivity contribution is 6.33. The number of ether oxygens (including phenoxy) is 1. The van der Waals surface area contributed by atoms with Crippen LogP contribution in [0, 0.1) is 0 Å². The van der Waals surface area contributed by atoms with Crippen LogP contribution < -0.4 is 10.6 Å².